The van der Waals surface area contributed by atoms with E-state index in [0.717, 1.165) is 0 Å². The van der Waals surface area contributed by atoms with Crippen molar-refractivity contribution in [1.82, 2.24) is 4.98 Å². The summed E-state index contributed by atoms with van der Waals surface area (Å²) in [5.74, 6) is -2.76. The summed E-state index contributed by atoms with van der Waals surface area (Å²) in [6, 6.07) is 11.8. The van der Waals surface area contributed by atoms with E-state index >= 15 is 0 Å². The van der Waals surface area contributed by atoms with Crippen LogP contribution in [0, 0.1) is 11.6 Å². The second-order valence-corrected chi connectivity index (χ2v) is 4.48. The molecule has 5 heteroatoms. The number of pyridine rings is 1. The summed E-state index contributed by atoms with van der Waals surface area (Å²) in [6.45, 7) is 0. The van der Waals surface area contributed by atoms with E-state index in [1.54, 1.807) is 24.3 Å². The first-order valence-electron chi connectivity index (χ1n) is 6.15. The number of carboxylic acids is 1. The highest BCUT2D eigenvalue weighted by Crippen LogP contribution is 2.26. The molecule has 0 aliphatic heterocycles. The van der Waals surface area contributed by atoms with Gasteiger partial charge in [-0.15, -0.1) is 0 Å². The molecule has 2 aromatic carbocycles. The quantitative estimate of drug-likeness (QED) is 0.777. The van der Waals surface area contributed by atoms with Gasteiger partial charge in [0.05, 0.1) is 11.3 Å². The maximum atomic E-state index is 14.2. The second-order valence-electron chi connectivity index (χ2n) is 4.48. The van der Waals surface area contributed by atoms with Crippen LogP contribution in [0.25, 0.3) is 22.2 Å². The van der Waals surface area contributed by atoms with Gasteiger partial charge in [0.25, 0.3) is 0 Å². The monoisotopic (exact) mass is 285 g/mol. The maximum absolute atomic E-state index is 14.2. The molecule has 3 aromatic rings. The summed E-state index contributed by atoms with van der Waals surface area (Å²) in [5, 5.41) is 9.38. The number of aromatic carboxylic acids is 1. The lowest BCUT2D eigenvalue weighted by Crippen LogP contribution is -2.02. The molecule has 0 aliphatic rings. The van der Waals surface area contributed by atoms with Gasteiger partial charge in [-0.25, -0.2) is 18.6 Å². The highest BCUT2D eigenvalue weighted by molar-refractivity contribution is 5.94. The molecule has 0 atom stereocenters. The Morgan fingerprint density at radius 1 is 1.00 bits per heavy atom. The normalized spacial score (nSPS) is 10.8. The van der Waals surface area contributed by atoms with Crippen LogP contribution in [-0.4, -0.2) is 16.1 Å². The Bertz CT molecular complexity index is 862. The molecule has 0 bridgehead atoms. The highest BCUT2D eigenvalue weighted by Gasteiger charge is 2.15. The van der Waals surface area contributed by atoms with Gasteiger partial charge in [-0.1, -0.05) is 24.3 Å². The van der Waals surface area contributed by atoms with E-state index in [4.69, 9.17) is 5.11 Å². The molecule has 1 heterocycles. The average molecular weight is 285 g/mol. The van der Waals surface area contributed by atoms with E-state index in [-0.39, 0.29) is 16.8 Å². The third-order valence-corrected chi connectivity index (χ3v) is 3.18. The molecule has 0 unspecified atom stereocenters. The molecule has 1 N–H and O–H groups in total. The minimum Gasteiger partial charge on any atom is -0.478 e. The Morgan fingerprint density at radius 2 is 1.71 bits per heavy atom. The lowest BCUT2D eigenvalue weighted by molar-refractivity contribution is 0.0692. The molecular weight excluding hydrogens is 276 g/mol. The summed E-state index contributed by atoms with van der Waals surface area (Å²) in [6.07, 6.45) is 0. The minimum atomic E-state index is -1.37. The van der Waals surface area contributed by atoms with Crippen LogP contribution in [0.15, 0.2) is 48.5 Å². The molecule has 0 aliphatic carbocycles. The van der Waals surface area contributed by atoms with Crippen LogP contribution in [0.3, 0.4) is 0 Å². The molecule has 1 aromatic heterocycles. The number of rotatable bonds is 2. The van der Waals surface area contributed by atoms with E-state index in [2.05, 4.69) is 4.98 Å². The van der Waals surface area contributed by atoms with Crippen LogP contribution in [0.4, 0.5) is 8.78 Å². The Balaban J connectivity index is 2.26. The third-order valence-electron chi connectivity index (χ3n) is 3.18. The molecule has 0 fully saturated rings. The van der Waals surface area contributed by atoms with E-state index in [0.29, 0.717) is 5.39 Å². The average Bonchev–Trinajstić information content (AvgIpc) is 2.47. The Hall–Kier alpha value is -2.82. The number of hydrogen-bond acceptors (Lipinski definition) is 2. The standard InChI is InChI=1S/C16H9F2NO2/c17-12-4-2-1-3-10(12)13-8-6-9-5-7-11(16(20)21)14(18)15(9)19-13/h1-8H,(H,20,21). The number of benzene rings is 2. The van der Waals surface area contributed by atoms with Crippen molar-refractivity contribution in [3.63, 3.8) is 0 Å². The van der Waals surface area contributed by atoms with Gasteiger partial charge in [0, 0.05) is 10.9 Å². The van der Waals surface area contributed by atoms with Gasteiger partial charge in [0.15, 0.2) is 5.82 Å². The Labute approximate surface area is 118 Å². The zero-order valence-electron chi connectivity index (χ0n) is 10.7. The fourth-order valence-electron chi connectivity index (χ4n) is 2.14. The van der Waals surface area contributed by atoms with Crippen molar-refractivity contribution in [3.8, 4) is 11.3 Å². The summed E-state index contributed by atoms with van der Waals surface area (Å²) in [7, 11) is 0. The zero-order chi connectivity index (χ0) is 15.0. The molecule has 3 nitrogen and oxygen atoms in total. The van der Waals surface area contributed by atoms with Crippen LogP contribution < -0.4 is 0 Å². The predicted octanol–water partition coefficient (Wildman–Crippen LogP) is 3.88. The minimum absolute atomic E-state index is 0.0874. The van der Waals surface area contributed by atoms with E-state index in [1.807, 2.05) is 0 Å². The first-order chi connectivity index (χ1) is 10.1. The summed E-state index contributed by atoms with van der Waals surface area (Å²) >= 11 is 0. The fraction of sp³-hybridized carbons (Fsp3) is 0. The van der Waals surface area contributed by atoms with E-state index in [9.17, 15) is 13.6 Å². The second kappa shape index (κ2) is 4.94. The van der Waals surface area contributed by atoms with Gasteiger partial charge in [0.2, 0.25) is 0 Å². The van der Waals surface area contributed by atoms with Gasteiger partial charge in [-0.3, -0.25) is 0 Å². The molecule has 0 saturated heterocycles. The van der Waals surface area contributed by atoms with Crippen molar-refractivity contribution < 1.29 is 18.7 Å². The lowest BCUT2D eigenvalue weighted by Gasteiger charge is -2.06. The maximum Gasteiger partial charge on any atom is 0.338 e. The van der Waals surface area contributed by atoms with Crippen molar-refractivity contribution in [3.05, 3.63) is 65.7 Å². The number of fused-ring (bicyclic) bond motifs is 1. The van der Waals surface area contributed by atoms with Crippen molar-refractivity contribution in [2.75, 3.05) is 0 Å². The number of hydrogen-bond donors (Lipinski definition) is 1. The van der Waals surface area contributed by atoms with E-state index < -0.39 is 23.2 Å². The van der Waals surface area contributed by atoms with Gasteiger partial charge >= 0.3 is 5.97 Å². The number of halogens is 2. The SMILES string of the molecule is O=C(O)c1ccc2ccc(-c3ccccc3F)nc2c1F. The van der Waals surface area contributed by atoms with Crippen LogP contribution in [0.5, 0.6) is 0 Å². The number of aromatic nitrogens is 1. The third kappa shape index (κ3) is 2.23. The lowest BCUT2D eigenvalue weighted by atomic mass is 10.1. The first kappa shape index (κ1) is 13.2. The summed E-state index contributed by atoms with van der Waals surface area (Å²) < 4.78 is 27.9. The van der Waals surface area contributed by atoms with E-state index in [1.165, 1.54) is 24.3 Å². The molecule has 3 rings (SSSR count). The molecule has 0 amide bonds. The molecule has 104 valence electrons. The van der Waals surface area contributed by atoms with Crippen LogP contribution in [-0.2, 0) is 0 Å². The van der Waals surface area contributed by atoms with Crippen molar-refractivity contribution in [1.29, 1.82) is 0 Å². The van der Waals surface area contributed by atoms with Gasteiger partial charge in [0.1, 0.15) is 11.3 Å². The molecule has 0 saturated carbocycles. The number of carboxylic acid groups (broad SMARTS) is 1. The van der Waals surface area contributed by atoms with Crippen LogP contribution >= 0.6 is 0 Å². The van der Waals surface area contributed by atoms with Crippen LogP contribution in [0.1, 0.15) is 10.4 Å². The smallest absolute Gasteiger partial charge is 0.338 e. The predicted molar refractivity (Wildman–Crippen MR) is 74.1 cm³/mol. The van der Waals surface area contributed by atoms with Gasteiger partial charge in [-0.2, -0.15) is 0 Å². The first-order valence-corrected chi connectivity index (χ1v) is 6.15. The van der Waals surface area contributed by atoms with Crippen LogP contribution in [0.2, 0.25) is 0 Å². The zero-order valence-corrected chi connectivity index (χ0v) is 10.7. The van der Waals surface area contributed by atoms with Crippen molar-refractivity contribution >= 4 is 16.9 Å². The van der Waals surface area contributed by atoms with Gasteiger partial charge < -0.3 is 5.11 Å². The Morgan fingerprint density at radius 3 is 2.43 bits per heavy atom. The molecule has 21 heavy (non-hydrogen) atoms. The van der Waals surface area contributed by atoms with Crippen molar-refractivity contribution in [2.45, 2.75) is 0 Å². The summed E-state index contributed by atoms with van der Waals surface area (Å²) in [5.41, 5.74) is -0.0575. The molecule has 0 spiro atoms. The van der Waals surface area contributed by atoms with Crippen molar-refractivity contribution in [2.24, 2.45) is 0 Å². The molecule has 0 radical (unpaired) electrons. The summed E-state index contributed by atoms with van der Waals surface area (Å²) in [4.78, 5) is 15.0. The topological polar surface area (TPSA) is 50.2 Å². The van der Waals surface area contributed by atoms with Gasteiger partial charge in [-0.05, 0) is 24.3 Å². The Kier molecular flexibility index (Phi) is 3.10. The fourth-order valence-corrected chi connectivity index (χ4v) is 2.14. The number of nitrogens with zero attached hydrogens (tertiary/aromatic N) is 1. The molecular formula is C16H9F2NO2. The number of carbonyl (C=O) groups is 1. The highest BCUT2D eigenvalue weighted by atomic mass is 19.1. The largest absolute Gasteiger partial charge is 0.478 e.